The van der Waals surface area contributed by atoms with Gasteiger partial charge in [0.05, 0.1) is 25.2 Å². The van der Waals surface area contributed by atoms with Crippen molar-refractivity contribution >= 4 is 0 Å². The van der Waals surface area contributed by atoms with Gasteiger partial charge < -0.3 is 15.2 Å². The molecule has 0 aliphatic carbocycles. The zero-order valence-electron chi connectivity index (χ0n) is 12.1. The third-order valence-electron chi connectivity index (χ3n) is 4.04. The quantitative estimate of drug-likeness (QED) is 0.855. The van der Waals surface area contributed by atoms with Crippen molar-refractivity contribution in [1.29, 1.82) is 0 Å². The second kappa shape index (κ2) is 6.39. The summed E-state index contributed by atoms with van der Waals surface area (Å²) in [6.45, 7) is 3.11. The van der Waals surface area contributed by atoms with Crippen LogP contribution in [0.4, 0.5) is 0 Å². The highest BCUT2D eigenvalue weighted by Crippen LogP contribution is 2.25. The van der Waals surface area contributed by atoms with Gasteiger partial charge >= 0.3 is 0 Å². The van der Waals surface area contributed by atoms with Gasteiger partial charge in [-0.3, -0.25) is 0 Å². The van der Waals surface area contributed by atoms with E-state index in [1.165, 1.54) is 16.7 Å². The van der Waals surface area contributed by atoms with Crippen molar-refractivity contribution in [2.24, 2.45) is 5.41 Å². The molecule has 0 unspecified atom stereocenters. The van der Waals surface area contributed by atoms with Gasteiger partial charge in [0.1, 0.15) is 0 Å². The second-order valence-electron chi connectivity index (χ2n) is 5.82. The summed E-state index contributed by atoms with van der Waals surface area (Å²) in [5, 5.41) is 12.8. The predicted octanol–water partition coefficient (Wildman–Crippen LogP) is 2.45. The van der Waals surface area contributed by atoms with Gasteiger partial charge in [-0.05, 0) is 16.7 Å². The number of nitrogens with one attached hydrogen (secondary N) is 1. The standard InChI is InChI=1S/C18H21NO2/c20-12-18(13-21-14-18)11-19-10-15-6-8-17(9-7-15)16-4-2-1-3-5-16/h1-9,19-20H,10-14H2. The Morgan fingerprint density at radius 1 is 0.952 bits per heavy atom. The van der Waals surface area contributed by atoms with Crippen LogP contribution in [0, 0.1) is 5.41 Å². The maximum Gasteiger partial charge on any atom is 0.0579 e. The van der Waals surface area contributed by atoms with Gasteiger partial charge in [-0.25, -0.2) is 0 Å². The highest BCUT2D eigenvalue weighted by atomic mass is 16.5. The van der Waals surface area contributed by atoms with Crippen LogP contribution < -0.4 is 5.32 Å². The van der Waals surface area contributed by atoms with Crippen LogP contribution in [-0.2, 0) is 11.3 Å². The average molecular weight is 283 g/mol. The Morgan fingerprint density at radius 3 is 2.19 bits per heavy atom. The molecule has 3 rings (SSSR count). The largest absolute Gasteiger partial charge is 0.396 e. The lowest BCUT2D eigenvalue weighted by Crippen LogP contribution is -2.52. The number of hydrogen-bond acceptors (Lipinski definition) is 3. The fourth-order valence-corrected chi connectivity index (χ4v) is 2.56. The fraction of sp³-hybridized carbons (Fsp3) is 0.333. The number of aliphatic hydroxyl groups excluding tert-OH is 1. The van der Waals surface area contributed by atoms with Crippen LogP contribution in [0.3, 0.4) is 0 Å². The highest BCUT2D eigenvalue weighted by molar-refractivity contribution is 5.63. The Balaban J connectivity index is 1.55. The molecule has 3 nitrogen and oxygen atoms in total. The van der Waals surface area contributed by atoms with Crippen LogP contribution in [0.2, 0.25) is 0 Å². The Labute approximate surface area is 125 Å². The van der Waals surface area contributed by atoms with E-state index in [-0.39, 0.29) is 12.0 Å². The Hall–Kier alpha value is -1.68. The first kappa shape index (κ1) is 14.3. The third kappa shape index (κ3) is 3.32. The molecule has 1 heterocycles. The fourth-order valence-electron chi connectivity index (χ4n) is 2.56. The molecule has 0 radical (unpaired) electrons. The monoisotopic (exact) mass is 283 g/mol. The normalized spacial score (nSPS) is 16.4. The van der Waals surface area contributed by atoms with Crippen molar-refractivity contribution in [2.45, 2.75) is 6.54 Å². The van der Waals surface area contributed by atoms with Gasteiger partial charge in [0.25, 0.3) is 0 Å². The van der Waals surface area contributed by atoms with E-state index >= 15 is 0 Å². The van der Waals surface area contributed by atoms with E-state index in [1.54, 1.807) is 0 Å². The lowest BCUT2D eigenvalue weighted by atomic mass is 9.87. The Morgan fingerprint density at radius 2 is 1.62 bits per heavy atom. The number of ether oxygens (including phenoxy) is 1. The van der Waals surface area contributed by atoms with E-state index in [2.05, 4.69) is 53.8 Å². The zero-order chi connectivity index (χ0) is 14.5. The molecule has 1 fully saturated rings. The first-order valence-corrected chi connectivity index (χ1v) is 7.35. The summed E-state index contributed by atoms with van der Waals surface area (Å²) >= 11 is 0. The summed E-state index contributed by atoms with van der Waals surface area (Å²) in [5.41, 5.74) is 3.66. The Bertz CT molecular complexity index is 556. The van der Waals surface area contributed by atoms with Crippen molar-refractivity contribution in [3.05, 3.63) is 60.2 Å². The van der Waals surface area contributed by atoms with Crippen LogP contribution in [-0.4, -0.2) is 31.5 Å². The molecule has 0 spiro atoms. The molecule has 2 aromatic rings. The van der Waals surface area contributed by atoms with Crippen LogP contribution in [0.1, 0.15) is 5.56 Å². The maximum absolute atomic E-state index is 9.38. The molecule has 0 atom stereocenters. The molecule has 2 aromatic carbocycles. The zero-order valence-corrected chi connectivity index (χ0v) is 12.1. The van der Waals surface area contributed by atoms with Gasteiger partial charge in [-0.1, -0.05) is 54.6 Å². The summed E-state index contributed by atoms with van der Waals surface area (Å²) in [6, 6.07) is 19.0. The first-order chi connectivity index (χ1) is 10.3. The van der Waals surface area contributed by atoms with Crippen LogP contribution >= 0.6 is 0 Å². The van der Waals surface area contributed by atoms with Crippen molar-refractivity contribution in [2.75, 3.05) is 26.4 Å². The molecular formula is C18H21NO2. The van der Waals surface area contributed by atoms with Crippen LogP contribution in [0.15, 0.2) is 54.6 Å². The summed E-state index contributed by atoms with van der Waals surface area (Å²) in [5.74, 6) is 0. The van der Waals surface area contributed by atoms with E-state index in [0.29, 0.717) is 13.2 Å². The topological polar surface area (TPSA) is 41.5 Å². The smallest absolute Gasteiger partial charge is 0.0579 e. The van der Waals surface area contributed by atoms with Crippen molar-refractivity contribution < 1.29 is 9.84 Å². The number of hydrogen-bond donors (Lipinski definition) is 2. The molecule has 1 aliphatic rings. The molecule has 1 saturated heterocycles. The van der Waals surface area contributed by atoms with Gasteiger partial charge in [0.15, 0.2) is 0 Å². The highest BCUT2D eigenvalue weighted by Gasteiger charge is 2.37. The third-order valence-corrected chi connectivity index (χ3v) is 4.04. The summed E-state index contributed by atoms with van der Waals surface area (Å²) < 4.78 is 5.20. The van der Waals surface area contributed by atoms with Crippen LogP contribution in [0.5, 0.6) is 0 Å². The van der Waals surface area contributed by atoms with E-state index in [0.717, 1.165) is 13.1 Å². The molecule has 3 heteroatoms. The molecule has 0 aromatic heterocycles. The minimum Gasteiger partial charge on any atom is -0.396 e. The molecule has 21 heavy (non-hydrogen) atoms. The lowest BCUT2D eigenvalue weighted by molar-refractivity contribution is -0.134. The SMILES string of the molecule is OCC1(CNCc2ccc(-c3ccccc3)cc2)COC1. The van der Waals surface area contributed by atoms with Crippen LogP contribution in [0.25, 0.3) is 11.1 Å². The molecule has 0 bridgehead atoms. The minimum atomic E-state index is -0.0655. The first-order valence-electron chi connectivity index (χ1n) is 7.35. The van der Waals surface area contributed by atoms with Crippen molar-refractivity contribution in [3.63, 3.8) is 0 Å². The van der Waals surface area contributed by atoms with E-state index in [4.69, 9.17) is 4.74 Å². The average Bonchev–Trinajstić information content (AvgIpc) is 2.51. The molecule has 110 valence electrons. The summed E-state index contributed by atoms with van der Waals surface area (Å²) in [4.78, 5) is 0. The maximum atomic E-state index is 9.38. The summed E-state index contributed by atoms with van der Waals surface area (Å²) in [7, 11) is 0. The molecule has 0 saturated carbocycles. The number of rotatable bonds is 6. The van der Waals surface area contributed by atoms with Gasteiger partial charge in [0.2, 0.25) is 0 Å². The predicted molar refractivity (Wildman–Crippen MR) is 83.9 cm³/mol. The van der Waals surface area contributed by atoms with Gasteiger partial charge in [-0.15, -0.1) is 0 Å². The van der Waals surface area contributed by atoms with E-state index in [9.17, 15) is 5.11 Å². The Kier molecular flexibility index (Phi) is 4.34. The minimum absolute atomic E-state index is 0.0655. The van der Waals surface area contributed by atoms with Crippen molar-refractivity contribution in [3.8, 4) is 11.1 Å². The van der Waals surface area contributed by atoms with Crippen molar-refractivity contribution in [1.82, 2.24) is 5.32 Å². The number of benzene rings is 2. The molecule has 0 amide bonds. The summed E-state index contributed by atoms with van der Waals surface area (Å²) in [6.07, 6.45) is 0. The van der Waals surface area contributed by atoms with E-state index < -0.39 is 0 Å². The van der Waals surface area contributed by atoms with E-state index in [1.807, 2.05) is 6.07 Å². The lowest BCUT2D eigenvalue weighted by Gasteiger charge is -2.40. The molecule has 1 aliphatic heterocycles. The van der Waals surface area contributed by atoms with Gasteiger partial charge in [-0.2, -0.15) is 0 Å². The number of aliphatic hydroxyl groups is 1. The molecular weight excluding hydrogens is 262 g/mol. The molecule has 2 N–H and O–H groups in total. The second-order valence-corrected chi connectivity index (χ2v) is 5.82. The van der Waals surface area contributed by atoms with Gasteiger partial charge in [0, 0.05) is 13.1 Å².